The van der Waals surface area contributed by atoms with E-state index in [4.69, 9.17) is 0 Å². The van der Waals surface area contributed by atoms with Crippen LogP contribution in [0.5, 0.6) is 0 Å². The monoisotopic (exact) mass is 468 g/mol. The van der Waals surface area contributed by atoms with E-state index in [9.17, 15) is 46.5 Å². The SMILES string of the molecule is C[C@](O)(C(=O)NCC(F)(F)C(F)(F)F)C(=O)NC1CN(CCO)c2ccccc2NC1=O. The van der Waals surface area contributed by atoms with Gasteiger partial charge in [0.05, 0.1) is 24.5 Å². The Morgan fingerprint density at radius 2 is 1.81 bits per heavy atom. The average molecular weight is 468 g/mol. The summed E-state index contributed by atoms with van der Waals surface area (Å²) in [6.45, 7) is -2.06. The van der Waals surface area contributed by atoms with E-state index in [0.29, 0.717) is 18.3 Å². The summed E-state index contributed by atoms with van der Waals surface area (Å²) in [7, 11) is 0. The fraction of sp³-hybridized carbons (Fsp3) is 0.500. The first-order valence-corrected chi connectivity index (χ1v) is 9.22. The van der Waals surface area contributed by atoms with Crippen molar-refractivity contribution in [3.63, 3.8) is 0 Å². The number of alkyl halides is 5. The van der Waals surface area contributed by atoms with E-state index in [1.54, 1.807) is 24.3 Å². The minimum atomic E-state index is -5.95. The van der Waals surface area contributed by atoms with Gasteiger partial charge in [0.25, 0.3) is 11.8 Å². The van der Waals surface area contributed by atoms with E-state index in [1.807, 2.05) is 0 Å². The van der Waals surface area contributed by atoms with E-state index in [2.05, 4.69) is 10.6 Å². The fourth-order valence-corrected chi connectivity index (χ4v) is 2.79. The predicted octanol–water partition coefficient (Wildman–Crippen LogP) is -0.0130. The van der Waals surface area contributed by atoms with Crippen LogP contribution >= 0.6 is 0 Å². The van der Waals surface area contributed by atoms with Crippen LogP contribution in [-0.2, 0) is 14.4 Å². The number of carbonyl (C=O) groups excluding carboxylic acids is 3. The summed E-state index contributed by atoms with van der Waals surface area (Å²) in [6.07, 6.45) is -5.95. The maximum atomic E-state index is 13.0. The Hall–Kier alpha value is -3.00. The molecule has 1 heterocycles. The number of para-hydroxylation sites is 2. The molecule has 1 aromatic carbocycles. The van der Waals surface area contributed by atoms with Crippen molar-refractivity contribution in [3.05, 3.63) is 24.3 Å². The van der Waals surface area contributed by atoms with Gasteiger partial charge in [-0.25, -0.2) is 0 Å². The normalized spacial score (nSPS) is 18.7. The Morgan fingerprint density at radius 1 is 1.19 bits per heavy atom. The second kappa shape index (κ2) is 9.24. The zero-order valence-electron chi connectivity index (χ0n) is 16.7. The number of aliphatic hydroxyl groups is 2. The van der Waals surface area contributed by atoms with Crippen molar-refractivity contribution < 1.29 is 46.5 Å². The number of aliphatic hydroxyl groups excluding tert-OH is 1. The molecule has 0 bridgehead atoms. The zero-order valence-corrected chi connectivity index (χ0v) is 16.7. The summed E-state index contributed by atoms with van der Waals surface area (Å²) in [5.41, 5.74) is -2.18. The van der Waals surface area contributed by atoms with Crippen LogP contribution in [0.15, 0.2) is 24.3 Å². The number of anilines is 2. The summed E-state index contributed by atoms with van der Waals surface area (Å²) in [5.74, 6) is -9.35. The highest BCUT2D eigenvalue weighted by atomic mass is 19.4. The number of rotatable bonds is 7. The largest absolute Gasteiger partial charge is 0.455 e. The Labute approximate surface area is 178 Å². The van der Waals surface area contributed by atoms with Crippen LogP contribution in [0.2, 0.25) is 0 Å². The molecular formula is C18H21F5N4O5. The highest BCUT2D eigenvalue weighted by Crippen LogP contribution is 2.34. The molecular weight excluding hydrogens is 447 g/mol. The molecule has 32 heavy (non-hydrogen) atoms. The molecule has 0 spiro atoms. The van der Waals surface area contributed by atoms with Crippen LogP contribution in [0, 0.1) is 0 Å². The van der Waals surface area contributed by atoms with Crippen LogP contribution in [0.1, 0.15) is 6.92 Å². The van der Waals surface area contributed by atoms with Gasteiger partial charge in [-0.1, -0.05) is 12.1 Å². The number of hydrogen-bond acceptors (Lipinski definition) is 6. The van der Waals surface area contributed by atoms with Crippen LogP contribution < -0.4 is 20.9 Å². The van der Waals surface area contributed by atoms with Crippen molar-refractivity contribution in [3.8, 4) is 0 Å². The van der Waals surface area contributed by atoms with Crippen molar-refractivity contribution in [2.24, 2.45) is 0 Å². The Balaban J connectivity index is 2.12. The van der Waals surface area contributed by atoms with Crippen molar-refractivity contribution in [1.29, 1.82) is 0 Å². The number of amides is 3. The highest BCUT2D eigenvalue weighted by Gasteiger charge is 2.58. The van der Waals surface area contributed by atoms with Gasteiger partial charge in [-0.05, 0) is 19.1 Å². The average Bonchev–Trinajstić information content (AvgIpc) is 2.82. The van der Waals surface area contributed by atoms with Gasteiger partial charge >= 0.3 is 12.1 Å². The van der Waals surface area contributed by atoms with Gasteiger partial charge in [-0.2, -0.15) is 22.0 Å². The molecule has 1 unspecified atom stereocenters. The number of β-amino-alcohol motifs (C(OH)–C–C–N with tert-alkyl or cyclic N) is 1. The van der Waals surface area contributed by atoms with E-state index in [0.717, 1.165) is 0 Å². The topological polar surface area (TPSA) is 131 Å². The number of nitrogens with one attached hydrogen (secondary N) is 3. The molecule has 1 aliphatic heterocycles. The molecule has 0 saturated carbocycles. The number of nitrogens with zero attached hydrogens (tertiary/aromatic N) is 1. The second-order valence-corrected chi connectivity index (χ2v) is 7.16. The molecule has 0 saturated heterocycles. The van der Waals surface area contributed by atoms with E-state index >= 15 is 0 Å². The molecule has 0 aromatic heterocycles. The first kappa shape index (κ1) is 25.3. The van der Waals surface area contributed by atoms with Crippen molar-refractivity contribution >= 4 is 29.1 Å². The lowest BCUT2D eigenvalue weighted by Crippen LogP contribution is -2.61. The Morgan fingerprint density at radius 3 is 2.41 bits per heavy atom. The molecule has 5 N–H and O–H groups in total. The van der Waals surface area contributed by atoms with Crippen LogP contribution in [0.4, 0.5) is 33.3 Å². The minimum Gasteiger partial charge on any atom is -0.395 e. The maximum Gasteiger partial charge on any atom is 0.455 e. The fourth-order valence-electron chi connectivity index (χ4n) is 2.79. The molecule has 1 aliphatic rings. The lowest BCUT2D eigenvalue weighted by Gasteiger charge is -2.28. The summed E-state index contributed by atoms with van der Waals surface area (Å²) < 4.78 is 62.7. The third kappa shape index (κ3) is 5.43. The molecule has 14 heteroatoms. The van der Waals surface area contributed by atoms with Crippen molar-refractivity contribution in [2.75, 3.05) is 36.5 Å². The molecule has 0 radical (unpaired) electrons. The molecule has 2 rings (SSSR count). The lowest BCUT2D eigenvalue weighted by molar-refractivity contribution is -0.278. The van der Waals surface area contributed by atoms with Gasteiger partial charge in [-0.15, -0.1) is 0 Å². The van der Waals surface area contributed by atoms with Crippen LogP contribution in [-0.4, -0.2) is 77.9 Å². The standard InChI is InChI=1S/C18H21F5N4O5/c1-16(32,14(30)24-9-17(19,20)18(21,22)23)15(31)26-11-8-27(6-7-28)12-5-3-2-4-10(12)25-13(11)29/h2-5,11,28,32H,6-9H2,1H3,(H,24,30)(H,25,29)(H,26,31)/t11?,16-/m0/s1. The Kier molecular flexibility index (Phi) is 7.29. The third-order valence-corrected chi connectivity index (χ3v) is 4.67. The molecule has 1 aromatic rings. The molecule has 2 atom stereocenters. The van der Waals surface area contributed by atoms with Crippen LogP contribution in [0.3, 0.4) is 0 Å². The Bertz CT molecular complexity index is 878. The van der Waals surface area contributed by atoms with Gasteiger partial charge < -0.3 is 31.1 Å². The lowest BCUT2D eigenvalue weighted by atomic mass is 10.0. The zero-order chi connectivity index (χ0) is 24.3. The number of benzene rings is 1. The second-order valence-electron chi connectivity index (χ2n) is 7.16. The number of hydrogen-bond donors (Lipinski definition) is 5. The number of carbonyl (C=O) groups is 3. The summed E-state index contributed by atoms with van der Waals surface area (Å²) in [4.78, 5) is 38.4. The molecule has 178 valence electrons. The molecule has 9 nitrogen and oxygen atoms in total. The van der Waals surface area contributed by atoms with E-state index in [-0.39, 0.29) is 19.7 Å². The smallest absolute Gasteiger partial charge is 0.395 e. The highest BCUT2D eigenvalue weighted by molar-refractivity contribution is 6.10. The van der Waals surface area contributed by atoms with E-state index < -0.39 is 48.0 Å². The third-order valence-electron chi connectivity index (χ3n) is 4.67. The summed E-state index contributed by atoms with van der Waals surface area (Å²) in [6, 6.07) is 5.13. The van der Waals surface area contributed by atoms with Gasteiger partial charge in [0.2, 0.25) is 11.5 Å². The first-order valence-electron chi connectivity index (χ1n) is 9.22. The van der Waals surface area contributed by atoms with Crippen molar-refractivity contribution in [2.45, 2.75) is 30.7 Å². The van der Waals surface area contributed by atoms with Crippen molar-refractivity contribution in [1.82, 2.24) is 10.6 Å². The minimum absolute atomic E-state index is 0.0573. The van der Waals surface area contributed by atoms with Gasteiger partial charge in [-0.3, -0.25) is 14.4 Å². The summed E-state index contributed by atoms with van der Waals surface area (Å²) in [5, 5.41) is 25.2. The molecule has 0 fully saturated rings. The molecule has 3 amide bonds. The first-order chi connectivity index (χ1) is 14.7. The van der Waals surface area contributed by atoms with Gasteiger partial charge in [0.15, 0.2) is 0 Å². The van der Waals surface area contributed by atoms with Gasteiger partial charge in [0.1, 0.15) is 6.04 Å². The van der Waals surface area contributed by atoms with Gasteiger partial charge in [0, 0.05) is 13.1 Å². The van der Waals surface area contributed by atoms with E-state index in [1.165, 1.54) is 10.2 Å². The quantitative estimate of drug-likeness (QED) is 0.283. The summed E-state index contributed by atoms with van der Waals surface area (Å²) >= 11 is 0. The van der Waals surface area contributed by atoms with Crippen LogP contribution in [0.25, 0.3) is 0 Å². The maximum absolute atomic E-state index is 13.0. The molecule has 0 aliphatic carbocycles. The number of halogens is 5. The number of fused-ring (bicyclic) bond motifs is 1. The predicted molar refractivity (Wildman–Crippen MR) is 101 cm³/mol.